The summed E-state index contributed by atoms with van der Waals surface area (Å²) in [6.45, 7) is 1.90. The highest BCUT2D eigenvalue weighted by molar-refractivity contribution is 6.31. The molecule has 0 spiro atoms. The summed E-state index contributed by atoms with van der Waals surface area (Å²) in [5.41, 5.74) is 0.793. The largest absolute Gasteiger partial charge is 0.310 e. The lowest BCUT2D eigenvalue weighted by atomic mass is 10.1. The monoisotopic (exact) mass is 266 g/mol. The molecule has 1 N–H and O–H groups in total. The van der Waals surface area contributed by atoms with Crippen molar-refractivity contribution in [1.29, 1.82) is 0 Å². The Morgan fingerprint density at radius 2 is 2.22 bits per heavy atom. The number of halogens is 2. The lowest BCUT2D eigenvalue weighted by Crippen LogP contribution is -2.13. The van der Waals surface area contributed by atoms with Gasteiger partial charge in [-0.25, -0.2) is 9.37 Å². The molecule has 94 valence electrons. The zero-order chi connectivity index (χ0) is 13.1. The molecule has 0 bridgehead atoms. The number of H-pyrrole nitrogens is 1. The summed E-state index contributed by atoms with van der Waals surface area (Å²) in [4.78, 5) is 18.2. The van der Waals surface area contributed by atoms with Crippen LogP contribution < -0.4 is 5.56 Å². The average molecular weight is 267 g/mol. The van der Waals surface area contributed by atoms with Gasteiger partial charge >= 0.3 is 0 Å². The van der Waals surface area contributed by atoms with Crippen molar-refractivity contribution in [1.82, 2.24) is 9.97 Å². The number of hydrogen-bond donors (Lipinski definition) is 1. The zero-order valence-corrected chi connectivity index (χ0v) is 10.6. The highest BCUT2D eigenvalue weighted by atomic mass is 35.5. The highest BCUT2D eigenvalue weighted by Crippen LogP contribution is 2.20. The predicted octanol–water partition coefficient (Wildman–Crippen LogP) is 2.72. The van der Waals surface area contributed by atoms with Gasteiger partial charge in [0.25, 0.3) is 5.56 Å². The van der Waals surface area contributed by atoms with E-state index < -0.39 is 5.82 Å². The molecular formula is C13H12ClFN2O. The summed E-state index contributed by atoms with van der Waals surface area (Å²) in [5, 5.41) is 0.333. The Bertz CT molecular complexity index is 604. The molecule has 0 radical (unpaired) electrons. The molecular weight excluding hydrogens is 255 g/mol. The molecule has 3 nitrogen and oxygen atoms in total. The molecule has 18 heavy (non-hydrogen) atoms. The highest BCUT2D eigenvalue weighted by Gasteiger charge is 2.09. The minimum atomic E-state index is -0.396. The second kappa shape index (κ2) is 5.31. The van der Waals surface area contributed by atoms with Crippen molar-refractivity contribution >= 4 is 11.6 Å². The second-order valence-electron chi connectivity index (χ2n) is 3.91. The van der Waals surface area contributed by atoms with Crippen LogP contribution in [0, 0.1) is 5.82 Å². The number of nitrogens with one attached hydrogen (secondary N) is 1. The molecule has 1 aromatic heterocycles. The van der Waals surface area contributed by atoms with Crippen molar-refractivity contribution < 1.29 is 4.39 Å². The van der Waals surface area contributed by atoms with E-state index in [9.17, 15) is 9.18 Å². The lowest BCUT2D eigenvalue weighted by Gasteiger charge is -2.06. The number of aryl methyl sites for hydroxylation is 1. The minimum absolute atomic E-state index is 0.175. The average Bonchev–Trinajstić information content (AvgIpc) is 2.33. The molecule has 1 heterocycles. The number of aromatic nitrogens is 2. The third kappa shape index (κ3) is 2.76. The maximum absolute atomic E-state index is 13.6. The Hall–Kier alpha value is -1.68. The van der Waals surface area contributed by atoms with Gasteiger partial charge in [0, 0.05) is 28.8 Å². The molecule has 0 saturated carbocycles. The summed E-state index contributed by atoms with van der Waals surface area (Å²) < 4.78 is 13.6. The Morgan fingerprint density at radius 3 is 2.89 bits per heavy atom. The lowest BCUT2D eigenvalue weighted by molar-refractivity contribution is 0.612. The van der Waals surface area contributed by atoms with Gasteiger partial charge in [-0.1, -0.05) is 24.6 Å². The number of rotatable bonds is 3. The van der Waals surface area contributed by atoms with E-state index >= 15 is 0 Å². The van der Waals surface area contributed by atoms with E-state index in [0.717, 1.165) is 0 Å². The van der Waals surface area contributed by atoms with Crippen LogP contribution in [0.2, 0.25) is 5.02 Å². The molecule has 0 saturated heterocycles. The van der Waals surface area contributed by atoms with E-state index in [1.807, 2.05) is 6.92 Å². The summed E-state index contributed by atoms with van der Waals surface area (Å²) in [7, 11) is 0. The number of aromatic amines is 1. The number of hydrogen-bond acceptors (Lipinski definition) is 2. The standard InChI is InChI=1S/C13H12ClFN2O/c1-2-8-6-13(18)17-12(16-8)7-9-10(14)4-3-5-11(9)15/h3-6H,2,7H2,1H3,(H,16,17,18). The summed E-state index contributed by atoms with van der Waals surface area (Å²) in [6, 6.07) is 5.93. The maximum atomic E-state index is 13.6. The first-order chi connectivity index (χ1) is 8.60. The van der Waals surface area contributed by atoms with E-state index in [1.165, 1.54) is 12.1 Å². The summed E-state index contributed by atoms with van der Waals surface area (Å²) in [6.07, 6.45) is 0.830. The first kappa shape index (κ1) is 12.8. The van der Waals surface area contributed by atoms with Crippen LogP contribution in [0.15, 0.2) is 29.1 Å². The number of nitrogens with zero attached hydrogens (tertiary/aromatic N) is 1. The smallest absolute Gasteiger partial charge is 0.251 e. The fraction of sp³-hybridized carbons (Fsp3) is 0.231. The first-order valence-corrected chi connectivity index (χ1v) is 6.00. The van der Waals surface area contributed by atoms with E-state index in [1.54, 1.807) is 12.1 Å². The SMILES string of the molecule is CCc1cc(=O)[nH]c(Cc2c(F)cccc2Cl)n1. The molecule has 2 rings (SSSR count). The van der Waals surface area contributed by atoms with Crippen LogP contribution in [0.4, 0.5) is 4.39 Å². The maximum Gasteiger partial charge on any atom is 0.251 e. The molecule has 0 aliphatic carbocycles. The van der Waals surface area contributed by atoms with Crippen molar-refractivity contribution in [3.05, 3.63) is 62.5 Å². The van der Waals surface area contributed by atoms with Crippen LogP contribution in [-0.2, 0) is 12.8 Å². The van der Waals surface area contributed by atoms with E-state index in [0.29, 0.717) is 28.5 Å². The molecule has 0 fully saturated rings. The summed E-state index contributed by atoms with van der Waals surface area (Å²) >= 11 is 5.93. The van der Waals surface area contributed by atoms with Crippen LogP contribution in [0.25, 0.3) is 0 Å². The zero-order valence-electron chi connectivity index (χ0n) is 9.84. The Balaban J connectivity index is 2.40. The Morgan fingerprint density at radius 1 is 1.44 bits per heavy atom. The van der Waals surface area contributed by atoms with Crippen LogP contribution in [0.3, 0.4) is 0 Å². The van der Waals surface area contributed by atoms with Crippen molar-refractivity contribution in [3.63, 3.8) is 0 Å². The Kier molecular flexibility index (Phi) is 3.77. The van der Waals surface area contributed by atoms with Gasteiger partial charge in [-0.3, -0.25) is 4.79 Å². The van der Waals surface area contributed by atoms with Crippen molar-refractivity contribution in [2.75, 3.05) is 0 Å². The van der Waals surface area contributed by atoms with E-state index in [4.69, 9.17) is 11.6 Å². The second-order valence-corrected chi connectivity index (χ2v) is 4.32. The van der Waals surface area contributed by atoms with Gasteiger partial charge in [0.15, 0.2) is 0 Å². The van der Waals surface area contributed by atoms with Gasteiger partial charge in [0.1, 0.15) is 11.6 Å². The normalized spacial score (nSPS) is 10.6. The van der Waals surface area contributed by atoms with Gasteiger partial charge in [0.05, 0.1) is 0 Å². The van der Waals surface area contributed by atoms with Crippen LogP contribution in [0.1, 0.15) is 24.0 Å². The molecule has 0 unspecified atom stereocenters. The topological polar surface area (TPSA) is 45.8 Å². The molecule has 1 aromatic carbocycles. The quantitative estimate of drug-likeness (QED) is 0.928. The molecule has 0 aliphatic rings. The van der Waals surface area contributed by atoms with Crippen molar-refractivity contribution in [2.45, 2.75) is 19.8 Å². The van der Waals surface area contributed by atoms with Crippen LogP contribution in [-0.4, -0.2) is 9.97 Å². The van der Waals surface area contributed by atoms with Crippen molar-refractivity contribution in [3.8, 4) is 0 Å². The number of benzene rings is 1. The van der Waals surface area contributed by atoms with Crippen molar-refractivity contribution in [2.24, 2.45) is 0 Å². The third-order valence-corrected chi connectivity index (χ3v) is 2.97. The molecule has 0 aliphatic heterocycles. The van der Waals surface area contributed by atoms with E-state index in [-0.39, 0.29) is 12.0 Å². The van der Waals surface area contributed by atoms with E-state index in [2.05, 4.69) is 9.97 Å². The third-order valence-electron chi connectivity index (χ3n) is 2.61. The first-order valence-electron chi connectivity index (χ1n) is 5.62. The predicted molar refractivity (Wildman–Crippen MR) is 68.5 cm³/mol. The van der Waals surface area contributed by atoms with Gasteiger partial charge in [-0.05, 0) is 18.6 Å². The van der Waals surface area contributed by atoms with Crippen LogP contribution >= 0.6 is 11.6 Å². The van der Waals surface area contributed by atoms with Gasteiger partial charge < -0.3 is 4.98 Å². The molecule has 0 amide bonds. The molecule has 2 aromatic rings. The Labute approximate surface area is 109 Å². The van der Waals surface area contributed by atoms with Gasteiger partial charge in [0.2, 0.25) is 0 Å². The van der Waals surface area contributed by atoms with Crippen LogP contribution in [0.5, 0.6) is 0 Å². The fourth-order valence-corrected chi connectivity index (χ4v) is 1.93. The summed E-state index contributed by atoms with van der Waals surface area (Å²) in [5.74, 6) is 0.0263. The fourth-order valence-electron chi connectivity index (χ4n) is 1.70. The van der Waals surface area contributed by atoms with Gasteiger partial charge in [-0.2, -0.15) is 0 Å². The minimum Gasteiger partial charge on any atom is -0.310 e. The van der Waals surface area contributed by atoms with Gasteiger partial charge in [-0.15, -0.1) is 0 Å². The molecule has 0 atom stereocenters. The molecule has 5 heteroatoms.